The molecule has 23 heavy (non-hydrogen) atoms. The molecule has 0 bridgehead atoms. The lowest BCUT2D eigenvalue weighted by Gasteiger charge is -2.23. The van der Waals surface area contributed by atoms with Crippen molar-refractivity contribution in [2.24, 2.45) is 0 Å². The van der Waals surface area contributed by atoms with Crippen LogP contribution in [0.4, 0.5) is 0 Å². The summed E-state index contributed by atoms with van der Waals surface area (Å²) in [7, 11) is 0. The predicted molar refractivity (Wildman–Crippen MR) is 86.9 cm³/mol. The van der Waals surface area contributed by atoms with E-state index in [9.17, 15) is 14.4 Å². The average molecular weight is 333 g/mol. The van der Waals surface area contributed by atoms with Crippen molar-refractivity contribution in [1.82, 2.24) is 14.5 Å². The van der Waals surface area contributed by atoms with Crippen LogP contribution < -0.4 is 11.2 Å². The lowest BCUT2D eigenvalue weighted by atomic mass is 10.00. The third-order valence-electron chi connectivity index (χ3n) is 4.03. The molecule has 0 unspecified atom stereocenters. The summed E-state index contributed by atoms with van der Waals surface area (Å²) >= 11 is 1.23. The SMILES string of the molecule is CC(=O)C(C)(C)n1c(=O)[nH]c2sc(-c3ncco3)c(C)c2c1=O. The first-order valence-corrected chi connectivity index (χ1v) is 7.76. The number of hydrogen-bond acceptors (Lipinski definition) is 6. The smallest absolute Gasteiger partial charge is 0.330 e. The normalized spacial score (nSPS) is 12.0. The lowest BCUT2D eigenvalue weighted by Crippen LogP contribution is -2.49. The maximum atomic E-state index is 12.9. The summed E-state index contributed by atoms with van der Waals surface area (Å²) in [4.78, 5) is 44.9. The van der Waals surface area contributed by atoms with Crippen LogP contribution in [0.5, 0.6) is 0 Å². The van der Waals surface area contributed by atoms with Gasteiger partial charge < -0.3 is 4.42 Å². The summed E-state index contributed by atoms with van der Waals surface area (Å²) in [5, 5.41) is 0.372. The largest absolute Gasteiger partial charge is 0.444 e. The van der Waals surface area contributed by atoms with Crippen LogP contribution in [0.2, 0.25) is 0 Å². The minimum atomic E-state index is -1.23. The number of thiophene rings is 1. The van der Waals surface area contributed by atoms with Crippen molar-refractivity contribution in [3.05, 3.63) is 38.9 Å². The van der Waals surface area contributed by atoms with E-state index in [4.69, 9.17) is 4.42 Å². The maximum Gasteiger partial charge on any atom is 0.330 e. The van der Waals surface area contributed by atoms with E-state index in [-0.39, 0.29) is 5.78 Å². The molecule has 0 aliphatic rings. The Morgan fingerprint density at radius 1 is 1.39 bits per heavy atom. The van der Waals surface area contributed by atoms with E-state index in [0.29, 0.717) is 26.5 Å². The second kappa shape index (κ2) is 5.02. The second-order valence-corrected chi connectivity index (χ2v) is 6.80. The molecule has 0 aliphatic heterocycles. The highest BCUT2D eigenvalue weighted by Gasteiger charge is 2.31. The zero-order valence-corrected chi connectivity index (χ0v) is 13.9. The third kappa shape index (κ3) is 2.17. The van der Waals surface area contributed by atoms with Crippen LogP contribution >= 0.6 is 11.3 Å². The van der Waals surface area contributed by atoms with Gasteiger partial charge in [-0.05, 0) is 33.3 Å². The number of H-pyrrole nitrogens is 1. The van der Waals surface area contributed by atoms with Crippen LogP contribution in [-0.2, 0) is 10.3 Å². The molecule has 0 saturated heterocycles. The number of oxazole rings is 1. The fourth-order valence-electron chi connectivity index (χ4n) is 2.42. The molecule has 3 heterocycles. The molecule has 8 heteroatoms. The molecule has 3 aromatic rings. The zero-order chi connectivity index (χ0) is 16.9. The van der Waals surface area contributed by atoms with E-state index < -0.39 is 16.8 Å². The van der Waals surface area contributed by atoms with Crippen molar-refractivity contribution in [3.63, 3.8) is 0 Å². The van der Waals surface area contributed by atoms with Crippen molar-refractivity contribution in [2.45, 2.75) is 33.2 Å². The summed E-state index contributed by atoms with van der Waals surface area (Å²) in [6.45, 7) is 6.22. The Morgan fingerprint density at radius 2 is 2.09 bits per heavy atom. The molecular weight excluding hydrogens is 318 g/mol. The van der Waals surface area contributed by atoms with Gasteiger partial charge in [-0.25, -0.2) is 14.3 Å². The van der Waals surface area contributed by atoms with Crippen LogP contribution in [-0.4, -0.2) is 20.3 Å². The molecule has 120 valence electrons. The van der Waals surface area contributed by atoms with Gasteiger partial charge in [-0.15, -0.1) is 11.3 Å². The van der Waals surface area contributed by atoms with Gasteiger partial charge >= 0.3 is 5.69 Å². The fourth-order valence-corrected chi connectivity index (χ4v) is 3.55. The van der Waals surface area contributed by atoms with Gasteiger partial charge in [0.1, 0.15) is 16.6 Å². The number of fused-ring (bicyclic) bond motifs is 1. The minimum Gasteiger partial charge on any atom is -0.444 e. The van der Waals surface area contributed by atoms with Crippen LogP contribution in [0.15, 0.2) is 26.5 Å². The molecule has 0 amide bonds. The van der Waals surface area contributed by atoms with Crippen LogP contribution in [0.3, 0.4) is 0 Å². The first kappa shape index (κ1) is 15.4. The van der Waals surface area contributed by atoms with Gasteiger partial charge in [-0.3, -0.25) is 14.6 Å². The Bertz CT molecular complexity index is 1020. The highest BCUT2D eigenvalue weighted by molar-refractivity contribution is 7.22. The summed E-state index contributed by atoms with van der Waals surface area (Å²) in [6, 6.07) is 0. The molecule has 0 aromatic carbocycles. The highest BCUT2D eigenvalue weighted by atomic mass is 32.1. The van der Waals surface area contributed by atoms with Crippen LogP contribution in [0.25, 0.3) is 21.0 Å². The van der Waals surface area contributed by atoms with Crippen molar-refractivity contribution in [3.8, 4) is 10.8 Å². The third-order valence-corrected chi connectivity index (χ3v) is 5.23. The van der Waals surface area contributed by atoms with Crippen molar-refractivity contribution < 1.29 is 9.21 Å². The number of ketones is 1. The van der Waals surface area contributed by atoms with E-state index in [1.165, 1.54) is 30.7 Å². The number of carbonyl (C=O) groups excluding carboxylic acids is 1. The first-order valence-electron chi connectivity index (χ1n) is 6.95. The van der Waals surface area contributed by atoms with Gasteiger partial charge in [-0.1, -0.05) is 0 Å². The number of rotatable bonds is 3. The molecule has 0 aliphatic carbocycles. The number of Topliss-reactive ketones (excluding diaryl/α,β-unsaturated/α-hetero) is 1. The Morgan fingerprint density at radius 3 is 2.65 bits per heavy atom. The molecule has 0 saturated carbocycles. The van der Waals surface area contributed by atoms with Gasteiger partial charge in [0.2, 0.25) is 5.89 Å². The lowest BCUT2D eigenvalue weighted by molar-refractivity contribution is -0.124. The van der Waals surface area contributed by atoms with Gasteiger partial charge in [0.15, 0.2) is 5.78 Å². The summed E-state index contributed by atoms with van der Waals surface area (Å²) < 4.78 is 6.25. The highest BCUT2D eigenvalue weighted by Crippen LogP contribution is 2.34. The number of aromatic amines is 1. The first-order chi connectivity index (χ1) is 10.7. The molecule has 7 nitrogen and oxygen atoms in total. The maximum absolute atomic E-state index is 12.9. The Balaban J connectivity index is 2.41. The quantitative estimate of drug-likeness (QED) is 0.791. The fraction of sp³-hybridized carbons (Fsp3) is 0.333. The molecule has 3 aromatic heterocycles. The van der Waals surface area contributed by atoms with Crippen molar-refractivity contribution in [1.29, 1.82) is 0 Å². The van der Waals surface area contributed by atoms with E-state index in [1.54, 1.807) is 20.8 Å². The number of carbonyl (C=O) groups is 1. The average Bonchev–Trinajstić information content (AvgIpc) is 3.06. The van der Waals surface area contributed by atoms with Gasteiger partial charge in [0, 0.05) is 0 Å². The van der Waals surface area contributed by atoms with Gasteiger partial charge in [0.05, 0.1) is 16.5 Å². The summed E-state index contributed by atoms with van der Waals surface area (Å²) in [5.74, 6) is 0.117. The topological polar surface area (TPSA) is 98.0 Å². The molecule has 0 atom stereocenters. The Labute approximate surface area is 134 Å². The number of nitrogens with zero attached hydrogens (tertiary/aromatic N) is 2. The minimum absolute atomic E-state index is 0.273. The number of aryl methyl sites for hydroxylation is 1. The van der Waals surface area contributed by atoms with E-state index in [0.717, 1.165) is 4.57 Å². The summed E-state index contributed by atoms with van der Waals surface area (Å²) in [5.41, 5.74) is -1.66. The molecule has 0 fully saturated rings. The second-order valence-electron chi connectivity index (χ2n) is 5.78. The standard InChI is InChI=1S/C15H15N3O4S/c1-7-9-12(23-10(7)11-16-5-6-22-11)17-14(21)18(13(9)20)15(3,4)8(2)19/h5-6H,1-4H3,(H,17,21). The predicted octanol–water partition coefficient (Wildman–Crippen LogP) is 2.04. The van der Waals surface area contributed by atoms with E-state index >= 15 is 0 Å². The zero-order valence-electron chi connectivity index (χ0n) is 13.1. The van der Waals surface area contributed by atoms with Gasteiger partial charge in [0.25, 0.3) is 5.56 Å². The van der Waals surface area contributed by atoms with Crippen LogP contribution in [0, 0.1) is 6.92 Å². The monoisotopic (exact) mass is 333 g/mol. The number of hydrogen-bond donors (Lipinski definition) is 1. The molecule has 0 radical (unpaired) electrons. The van der Waals surface area contributed by atoms with E-state index in [2.05, 4.69) is 9.97 Å². The molecule has 1 N–H and O–H groups in total. The number of nitrogens with one attached hydrogen (secondary N) is 1. The molecule has 0 spiro atoms. The molecule has 3 rings (SSSR count). The van der Waals surface area contributed by atoms with Crippen molar-refractivity contribution in [2.75, 3.05) is 0 Å². The Kier molecular flexibility index (Phi) is 3.36. The summed E-state index contributed by atoms with van der Waals surface area (Å²) in [6.07, 6.45) is 2.96. The van der Waals surface area contributed by atoms with Gasteiger partial charge in [-0.2, -0.15) is 0 Å². The van der Waals surface area contributed by atoms with Crippen molar-refractivity contribution >= 4 is 27.3 Å². The van der Waals surface area contributed by atoms with Crippen LogP contribution in [0.1, 0.15) is 26.3 Å². The van der Waals surface area contributed by atoms with E-state index in [1.807, 2.05) is 0 Å². The Hall–Kier alpha value is -2.48. The molecular formula is C15H15N3O4S. The number of aromatic nitrogens is 3.